The number of hydrogen-bond acceptors (Lipinski definition) is 2. The zero-order chi connectivity index (χ0) is 10.1. The van der Waals surface area contributed by atoms with Crippen molar-refractivity contribution in [2.24, 2.45) is 0 Å². The molecule has 0 aliphatic carbocycles. The van der Waals surface area contributed by atoms with Gasteiger partial charge in [-0.15, -0.1) is 0 Å². The molecule has 0 saturated heterocycles. The van der Waals surface area contributed by atoms with Gasteiger partial charge in [0.05, 0.1) is 6.42 Å². The smallest absolute Gasteiger partial charge is 0.392 e. The number of aliphatic hydroxyl groups is 1. The number of aryl methyl sites for hydroxylation is 1. The molecule has 1 rings (SSSR count). The molecule has 1 aromatic rings. The molecule has 0 aliphatic rings. The Morgan fingerprint density at radius 1 is 1.46 bits per heavy atom. The van der Waals surface area contributed by atoms with E-state index in [1.807, 2.05) is 0 Å². The molecule has 5 heteroatoms. The van der Waals surface area contributed by atoms with Gasteiger partial charge in [0.1, 0.15) is 17.6 Å². The van der Waals surface area contributed by atoms with Crippen molar-refractivity contribution in [3.8, 4) is 0 Å². The molecule has 2 nitrogen and oxygen atoms in total. The minimum absolute atomic E-state index is 0.0465. The van der Waals surface area contributed by atoms with Gasteiger partial charge in [-0.1, -0.05) is 0 Å². The van der Waals surface area contributed by atoms with E-state index in [9.17, 15) is 13.2 Å². The van der Waals surface area contributed by atoms with Crippen molar-refractivity contribution in [1.29, 1.82) is 0 Å². The molecular formula is C8H9F3O2. The molecule has 1 atom stereocenters. The van der Waals surface area contributed by atoms with Crippen molar-refractivity contribution in [3.63, 3.8) is 0 Å². The van der Waals surface area contributed by atoms with E-state index >= 15 is 0 Å². The summed E-state index contributed by atoms with van der Waals surface area (Å²) < 4.78 is 40.2. The van der Waals surface area contributed by atoms with Crippen LogP contribution in [0.3, 0.4) is 0 Å². The first-order chi connectivity index (χ1) is 5.88. The van der Waals surface area contributed by atoms with Gasteiger partial charge in [-0.2, -0.15) is 13.2 Å². The average Bonchev–Trinajstić information content (AvgIpc) is 2.31. The van der Waals surface area contributed by atoms with E-state index in [-0.39, 0.29) is 5.76 Å². The van der Waals surface area contributed by atoms with Crippen LogP contribution in [0.2, 0.25) is 0 Å². The highest BCUT2D eigenvalue weighted by Crippen LogP contribution is 2.29. The molecule has 1 heterocycles. The van der Waals surface area contributed by atoms with Gasteiger partial charge in [-0.3, -0.25) is 0 Å². The van der Waals surface area contributed by atoms with Gasteiger partial charge in [0.15, 0.2) is 0 Å². The monoisotopic (exact) mass is 194 g/mol. The number of hydrogen-bond donors (Lipinski definition) is 1. The predicted octanol–water partition coefficient (Wildman–Crippen LogP) is 2.57. The lowest BCUT2D eigenvalue weighted by molar-refractivity contribution is -0.156. The Labute approximate surface area is 73.0 Å². The molecule has 0 aromatic carbocycles. The number of furan rings is 1. The minimum Gasteiger partial charge on any atom is -0.464 e. The second-order valence-electron chi connectivity index (χ2n) is 2.78. The van der Waals surface area contributed by atoms with Gasteiger partial charge < -0.3 is 9.52 Å². The predicted molar refractivity (Wildman–Crippen MR) is 39.1 cm³/mol. The summed E-state index contributed by atoms with van der Waals surface area (Å²) in [6.07, 6.45) is -7.26. The number of alkyl halides is 3. The highest BCUT2D eigenvalue weighted by Gasteiger charge is 2.32. The molecule has 0 aliphatic heterocycles. The van der Waals surface area contributed by atoms with Crippen LogP contribution in [0.1, 0.15) is 24.0 Å². The topological polar surface area (TPSA) is 33.4 Å². The van der Waals surface area contributed by atoms with Crippen molar-refractivity contribution < 1.29 is 22.7 Å². The van der Waals surface area contributed by atoms with E-state index in [0.717, 1.165) is 0 Å². The van der Waals surface area contributed by atoms with Crippen LogP contribution in [0.15, 0.2) is 16.5 Å². The first kappa shape index (κ1) is 10.1. The lowest BCUT2D eigenvalue weighted by atomic mass is 10.2. The van der Waals surface area contributed by atoms with E-state index in [1.165, 1.54) is 12.1 Å². The molecule has 13 heavy (non-hydrogen) atoms. The number of aliphatic hydroxyl groups excluding tert-OH is 1. The van der Waals surface area contributed by atoms with Crippen LogP contribution in [0.5, 0.6) is 0 Å². The molecule has 0 amide bonds. The van der Waals surface area contributed by atoms with Crippen LogP contribution in [0.4, 0.5) is 13.2 Å². The Balaban J connectivity index is 2.64. The van der Waals surface area contributed by atoms with Gasteiger partial charge in [0.2, 0.25) is 0 Å². The Morgan fingerprint density at radius 3 is 2.46 bits per heavy atom. The van der Waals surface area contributed by atoms with Crippen LogP contribution < -0.4 is 0 Å². The second kappa shape index (κ2) is 3.41. The van der Waals surface area contributed by atoms with E-state index in [2.05, 4.69) is 0 Å². The molecule has 1 aromatic heterocycles. The summed E-state index contributed by atoms with van der Waals surface area (Å²) >= 11 is 0. The summed E-state index contributed by atoms with van der Waals surface area (Å²) in [5.74, 6) is 0.436. The summed E-state index contributed by atoms with van der Waals surface area (Å²) in [6.45, 7) is 1.60. The summed E-state index contributed by atoms with van der Waals surface area (Å²) in [5.41, 5.74) is 0. The molecule has 1 unspecified atom stereocenters. The molecular weight excluding hydrogens is 185 g/mol. The summed E-state index contributed by atoms with van der Waals surface area (Å²) in [4.78, 5) is 0. The molecule has 0 radical (unpaired) electrons. The van der Waals surface area contributed by atoms with Crippen LogP contribution in [-0.4, -0.2) is 11.3 Å². The maximum absolute atomic E-state index is 11.8. The molecule has 0 spiro atoms. The molecule has 1 N–H and O–H groups in total. The third kappa shape index (κ3) is 3.10. The largest absolute Gasteiger partial charge is 0.464 e. The standard InChI is InChI=1S/C8H9F3O2/c1-5-2-3-7(13-5)6(12)4-8(9,10)11/h2-3,6,12H,4H2,1H3. The molecule has 0 saturated carbocycles. The lowest BCUT2D eigenvalue weighted by Gasteiger charge is -2.10. The third-order valence-electron chi connectivity index (χ3n) is 1.51. The first-order valence-electron chi connectivity index (χ1n) is 3.69. The molecule has 0 fully saturated rings. The zero-order valence-electron chi connectivity index (χ0n) is 6.93. The highest BCUT2D eigenvalue weighted by molar-refractivity contribution is 5.08. The molecule has 74 valence electrons. The van der Waals surface area contributed by atoms with Crippen molar-refractivity contribution in [2.75, 3.05) is 0 Å². The summed E-state index contributed by atoms with van der Waals surface area (Å²) in [7, 11) is 0. The summed E-state index contributed by atoms with van der Waals surface area (Å²) in [6, 6.07) is 2.85. The maximum atomic E-state index is 11.8. The van der Waals surface area contributed by atoms with E-state index in [1.54, 1.807) is 6.92 Å². The van der Waals surface area contributed by atoms with Gasteiger partial charge in [0, 0.05) is 0 Å². The minimum atomic E-state index is -4.37. The third-order valence-corrected chi connectivity index (χ3v) is 1.51. The van der Waals surface area contributed by atoms with E-state index in [0.29, 0.717) is 5.76 Å². The van der Waals surface area contributed by atoms with Crippen molar-refractivity contribution in [2.45, 2.75) is 25.6 Å². The maximum Gasteiger partial charge on any atom is 0.392 e. The normalized spacial score (nSPS) is 14.5. The Bertz CT molecular complexity index is 277. The fourth-order valence-electron chi connectivity index (χ4n) is 0.952. The number of halogens is 3. The van der Waals surface area contributed by atoms with Crippen LogP contribution in [0.25, 0.3) is 0 Å². The highest BCUT2D eigenvalue weighted by atomic mass is 19.4. The number of rotatable bonds is 2. The van der Waals surface area contributed by atoms with Crippen LogP contribution >= 0.6 is 0 Å². The molecule has 0 bridgehead atoms. The second-order valence-corrected chi connectivity index (χ2v) is 2.78. The van der Waals surface area contributed by atoms with Crippen molar-refractivity contribution in [1.82, 2.24) is 0 Å². The van der Waals surface area contributed by atoms with E-state index in [4.69, 9.17) is 9.52 Å². The van der Waals surface area contributed by atoms with Gasteiger partial charge in [-0.05, 0) is 19.1 Å². The fourth-order valence-corrected chi connectivity index (χ4v) is 0.952. The zero-order valence-corrected chi connectivity index (χ0v) is 6.93. The van der Waals surface area contributed by atoms with Crippen LogP contribution in [-0.2, 0) is 0 Å². The fraction of sp³-hybridized carbons (Fsp3) is 0.500. The Kier molecular flexibility index (Phi) is 2.66. The van der Waals surface area contributed by atoms with Crippen molar-refractivity contribution >= 4 is 0 Å². The van der Waals surface area contributed by atoms with Crippen molar-refractivity contribution in [3.05, 3.63) is 23.7 Å². The summed E-state index contributed by atoms with van der Waals surface area (Å²) in [5, 5.41) is 9.06. The Morgan fingerprint density at radius 2 is 2.08 bits per heavy atom. The Hall–Kier alpha value is -0.970. The van der Waals surface area contributed by atoms with Gasteiger partial charge in [0.25, 0.3) is 0 Å². The first-order valence-corrected chi connectivity index (χ1v) is 3.69. The lowest BCUT2D eigenvalue weighted by Crippen LogP contribution is -2.13. The van der Waals surface area contributed by atoms with Crippen LogP contribution in [0, 0.1) is 6.92 Å². The van der Waals surface area contributed by atoms with E-state index < -0.39 is 18.7 Å². The van der Waals surface area contributed by atoms with Gasteiger partial charge in [-0.25, -0.2) is 0 Å². The quantitative estimate of drug-likeness (QED) is 0.784. The SMILES string of the molecule is Cc1ccc(C(O)CC(F)(F)F)o1. The van der Waals surface area contributed by atoms with Gasteiger partial charge >= 0.3 is 6.18 Å². The average molecular weight is 194 g/mol.